The summed E-state index contributed by atoms with van der Waals surface area (Å²) in [4.78, 5) is 4.07. The van der Waals surface area contributed by atoms with E-state index in [0.717, 1.165) is 6.42 Å². The van der Waals surface area contributed by atoms with Crippen LogP contribution in [0.4, 0.5) is 0 Å². The fraction of sp³-hybridized carbons (Fsp3) is 0.500. The number of fused-ring (bicyclic) bond motifs is 1. The van der Waals surface area contributed by atoms with Gasteiger partial charge in [0, 0.05) is 12.7 Å². The Hall–Kier alpha value is -1.11. The molecular weight excluding hydrogens is 310 g/mol. The van der Waals surface area contributed by atoms with Crippen molar-refractivity contribution >= 4 is 27.3 Å². The summed E-state index contributed by atoms with van der Waals surface area (Å²) in [5.41, 5.74) is 0.527. The minimum atomic E-state index is -3.65. The smallest absolute Gasteiger partial charge is 0.259 e. The van der Waals surface area contributed by atoms with E-state index in [1.54, 1.807) is 24.4 Å². The van der Waals surface area contributed by atoms with Crippen molar-refractivity contribution in [3.63, 3.8) is 0 Å². The first-order valence-corrected chi connectivity index (χ1v) is 9.06. The first kappa shape index (κ1) is 14.8. The van der Waals surface area contributed by atoms with Crippen LogP contribution < -0.4 is 4.72 Å². The number of nitrogens with one attached hydrogen (secondary N) is 1. The molecule has 2 aromatic heterocycles. The van der Waals surface area contributed by atoms with E-state index in [1.165, 1.54) is 30.1 Å². The molecule has 0 spiro atoms. The van der Waals surface area contributed by atoms with Crippen LogP contribution in [0.15, 0.2) is 29.4 Å². The van der Waals surface area contributed by atoms with E-state index < -0.39 is 10.0 Å². The van der Waals surface area contributed by atoms with Gasteiger partial charge in [-0.05, 0) is 24.5 Å². The molecule has 0 aromatic carbocycles. The SMILES string of the molecule is O=S(=O)(NCCC1CCCC1)c1c(Cl)nc2ccccn12. The Morgan fingerprint density at radius 3 is 2.86 bits per heavy atom. The molecule has 1 fully saturated rings. The number of imidazole rings is 1. The molecule has 0 atom stereocenters. The van der Waals surface area contributed by atoms with Crippen molar-refractivity contribution in [3.05, 3.63) is 29.5 Å². The molecule has 1 N–H and O–H groups in total. The normalized spacial score (nSPS) is 16.8. The molecule has 2 heterocycles. The Morgan fingerprint density at radius 2 is 2.10 bits per heavy atom. The Bertz CT molecular complexity index is 736. The fourth-order valence-corrected chi connectivity index (χ4v) is 4.64. The van der Waals surface area contributed by atoms with E-state index in [-0.39, 0.29) is 10.2 Å². The first-order valence-electron chi connectivity index (χ1n) is 7.20. The van der Waals surface area contributed by atoms with E-state index >= 15 is 0 Å². The molecule has 21 heavy (non-hydrogen) atoms. The van der Waals surface area contributed by atoms with E-state index in [2.05, 4.69) is 9.71 Å². The molecular formula is C14H18ClN3O2S. The summed E-state index contributed by atoms with van der Waals surface area (Å²) in [7, 11) is -3.65. The summed E-state index contributed by atoms with van der Waals surface area (Å²) in [6.45, 7) is 0.448. The van der Waals surface area contributed by atoms with Crippen molar-refractivity contribution in [2.24, 2.45) is 5.92 Å². The van der Waals surface area contributed by atoms with Gasteiger partial charge in [0.2, 0.25) is 0 Å². The standard InChI is InChI=1S/C14H18ClN3O2S/c15-13-14(18-10-4-3-7-12(18)17-13)21(19,20)16-9-8-11-5-1-2-6-11/h3-4,7,10-11,16H,1-2,5-6,8-9H2. The maximum atomic E-state index is 12.4. The molecule has 5 nitrogen and oxygen atoms in total. The Labute approximate surface area is 129 Å². The van der Waals surface area contributed by atoms with Gasteiger partial charge in [0.1, 0.15) is 5.65 Å². The van der Waals surface area contributed by atoms with Crippen molar-refractivity contribution in [1.29, 1.82) is 0 Å². The van der Waals surface area contributed by atoms with Crippen molar-refractivity contribution in [1.82, 2.24) is 14.1 Å². The van der Waals surface area contributed by atoms with Crippen LogP contribution in [-0.2, 0) is 10.0 Å². The van der Waals surface area contributed by atoms with Crippen molar-refractivity contribution in [2.45, 2.75) is 37.1 Å². The summed E-state index contributed by atoms with van der Waals surface area (Å²) in [5.74, 6) is 0.644. The number of pyridine rings is 1. The van der Waals surface area contributed by atoms with Gasteiger partial charge in [-0.3, -0.25) is 4.40 Å². The Kier molecular flexibility index (Phi) is 4.19. The zero-order chi connectivity index (χ0) is 14.9. The van der Waals surface area contributed by atoms with Crippen molar-refractivity contribution in [3.8, 4) is 0 Å². The molecule has 3 rings (SSSR count). The maximum absolute atomic E-state index is 12.4. The predicted molar refractivity (Wildman–Crippen MR) is 82.0 cm³/mol. The molecule has 1 aliphatic rings. The van der Waals surface area contributed by atoms with Crippen LogP contribution in [0, 0.1) is 5.92 Å². The Balaban J connectivity index is 1.78. The van der Waals surface area contributed by atoms with Gasteiger partial charge in [-0.15, -0.1) is 0 Å². The van der Waals surface area contributed by atoms with Crippen LogP contribution in [0.5, 0.6) is 0 Å². The van der Waals surface area contributed by atoms with Crippen LogP contribution in [0.2, 0.25) is 5.15 Å². The summed E-state index contributed by atoms with van der Waals surface area (Å²) < 4.78 is 29.0. The minimum Gasteiger partial charge on any atom is -0.288 e. The number of halogens is 1. The lowest BCUT2D eigenvalue weighted by Crippen LogP contribution is -2.27. The highest BCUT2D eigenvalue weighted by atomic mass is 35.5. The minimum absolute atomic E-state index is 0.00886. The highest BCUT2D eigenvalue weighted by Crippen LogP contribution is 2.27. The topological polar surface area (TPSA) is 63.5 Å². The quantitative estimate of drug-likeness (QED) is 0.918. The predicted octanol–water partition coefficient (Wildman–Crippen LogP) is 2.85. The largest absolute Gasteiger partial charge is 0.288 e. The number of nitrogens with zero attached hydrogens (tertiary/aromatic N) is 2. The highest BCUT2D eigenvalue weighted by Gasteiger charge is 2.24. The summed E-state index contributed by atoms with van der Waals surface area (Å²) >= 11 is 6.01. The van der Waals surface area contributed by atoms with Crippen LogP contribution in [-0.4, -0.2) is 24.3 Å². The molecule has 0 amide bonds. The average Bonchev–Trinajstić information content (AvgIpc) is 3.04. The molecule has 7 heteroatoms. The van der Waals surface area contributed by atoms with E-state index in [4.69, 9.17) is 11.6 Å². The molecule has 1 saturated carbocycles. The highest BCUT2D eigenvalue weighted by molar-refractivity contribution is 7.89. The van der Waals surface area contributed by atoms with Gasteiger partial charge < -0.3 is 0 Å². The zero-order valence-corrected chi connectivity index (χ0v) is 13.2. The molecule has 114 valence electrons. The molecule has 0 unspecified atom stereocenters. The van der Waals surface area contributed by atoms with Crippen molar-refractivity contribution < 1.29 is 8.42 Å². The van der Waals surface area contributed by atoms with Gasteiger partial charge in [0.05, 0.1) is 0 Å². The molecule has 0 aliphatic heterocycles. The second kappa shape index (κ2) is 5.94. The van der Waals surface area contributed by atoms with E-state index in [0.29, 0.717) is 18.1 Å². The number of rotatable bonds is 5. The summed E-state index contributed by atoms with van der Waals surface area (Å²) in [6, 6.07) is 5.27. The van der Waals surface area contributed by atoms with Gasteiger partial charge in [0.15, 0.2) is 10.2 Å². The van der Waals surface area contributed by atoms with E-state index in [1.807, 2.05) is 0 Å². The molecule has 0 saturated heterocycles. The van der Waals surface area contributed by atoms with Crippen LogP contribution in [0.3, 0.4) is 0 Å². The third kappa shape index (κ3) is 3.07. The average molecular weight is 328 g/mol. The lowest BCUT2D eigenvalue weighted by Gasteiger charge is -2.10. The molecule has 2 aromatic rings. The van der Waals surface area contributed by atoms with Gasteiger partial charge in [-0.25, -0.2) is 18.1 Å². The zero-order valence-electron chi connectivity index (χ0n) is 11.6. The summed E-state index contributed by atoms with van der Waals surface area (Å²) in [6.07, 6.45) is 7.47. The van der Waals surface area contributed by atoms with Crippen LogP contribution in [0.25, 0.3) is 5.65 Å². The number of hydrogen-bond donors (Lipinski definition) is 1. The van der Waals surface area contributed by atoms with Crippen molar-refractivity contribution in [2.75, 3.05) is 6.54 Å². The lowest BCUT2D eigenvalue weighted by atomic mass is 10.1. The fourth-order valence-electron chi connectivity index (χ4n) is 2.95. The third-order valence-corrected chi connectivity index (χ3v) is 5.88. The van der Waals surface area contributed by atoms with Crippen LogP contribution in [0.1, 0.15) is 32.1 Å². The van der Waals surface area contributed by atoms with Gasteiger partial charge in [-0.1, -0.05) is 43.4 Å². The third-order valence-electron chi connectivity index (χ3n) is 4.02. The molecule has 0 bridgehead atoms. The van der Waals surface area contributed by atoms with Gasteiger partial charge in [0.25, 0.3) is 10.0 Å². The second-order valence-corrected chi connectivity index (χ2v) is 7.51. The number of hydrogen-bond acceptors (Lipinski definition) is 3. The Morgan fingerprint density at radius 1 is 1.33 bits per heavy atom. The van der Waals surface area contributed by atoms with Gasteiger partial charge in [-0.2, -0.15) is 0 Å². The monoisotopic (exact) mass is 327 g/mol. The molecule has 0 radical (unpaired) electrons. The number of sulfonamides is 1. The van der Waals surface area contributed by atoms with Crippen LogP contribution >= 0.6 is 11.6 Å². The van der Waals surface area contributed by atoms with Gasteiger partial charge >= 0.3 is 0 Å². The summed E-state index contributed by atoms with van der Waals surface area (Å²) in [5, 5.41) is 0.0285. The molecule has 1 aliphatic carbocycles. The van der Waals surface area contributed by atoms with E-state index in [9.17, 15) is 8.42 Å². The maximum Gasteiger partial charge on any atom is 0.259 e. The first-order chi connectivity index (χ1) is 10.1. The second-order valence-electron chi connectivity index (χ2n) is 5.47. The number of aromatic nitrogens is 2. The lowest BCUT2D eigenvalue weighted by molar-refractivity contribution is 0.495.